The van der Waals surface area contributed by atoms with Crippen molar-refractivity contribution in [1.29, 1.82) is 0 Å². The molecule has 0 spiro atoms. The SMILES string of the molecule is [C-]#[N+]c1ccc(-c2nc(C(=O)N3CC[C@@H](N)C3)c(F)n2-c2cnc(OC)c(F)c2)cc1F. The molecular weight excluding hydrogens is 425 g/mol. The van der Waals surface area contributed by atoms with Gasteiger partial charge in [-0.15, -0.1) is 0 Å². The summed E-state index contributed by atoms with van der Waals surface area (Å²) in [4.78, 5) is 25.3. The second kappa shape index (κ2) is 8.32. The number of imidazole rings is 1. The van der Waals surface area contributed by atoms with Crippen LogP contribution in [0.25, 0.3) is 21.9 Å². The van der Waals surface area contributed by atoms with E-state index in [0.717, 1.165) is 22.9 Å². The van der Waals surface area contributed by atoms with Gasteiger partial charge in [-0.1, -0.05) is 12.1 Å². The maximum Gasteiger partial charge on any atom is 0.277 e. The topological polar surface area (TPSA) is 90.6 Å². The van der Waals surface area contributed by atoms with E-state index in [1.165, 1.54) is 24.1 Å². The highest BCUT2D eigenvalue weighted by atomic mass is 19.1. The second-order valence-corrected chi connectivity index (χ2v) is 7.17. The fraction of sp³-hybridized carbons (Fsp3) is 0.238. The molecule has 4 rings (SSSR count). The standard InChI is InChI=1S/C21H17F3N6O2/c1-26-16-4-3-11(7-14(16)22)19-28-17(21(31)29-6-5-12(25)10-29)18(24)30(19)13-8-15(23)20(32-2)27-9-13/h3-4,7-9,12H,5-6,10,25H2,2H3/t12-/m1/s1. The van der Waals surface area contributed by atoms with Gasteiger partial charge in [0.25, 0.3) is 5.91 Å². The largest absolute Gasteiger partial charge is 0.479 e. The summed E-state index contributed by atoms with van der Waals surface area (Å²) in [6.45, 7) is 7.57. The normalized spacial score (nSPS) is 15.6. The van der Waals surface area contributed by atoms with Crippen molar-refractivity contribution in [2.45, 2.75) is 12.5 Å². The van der Waals surface area contributed by atoms with E-state index in [0.29, 0.717) is 13.0 Å². The Kier molecular flexibility index (Phi) is 5.54. The number of pyridine rings is 1. The number of halogens is 3. The lowest BCUT2D eigenvalue weighted by molar-refractivity contribution is 0.0780. The summed E-state index contributed by atoms with van der Waals surface area (Å²) in [5.74, 6) is -3.91. The molecule has 0 unspecified atom stereocenters. The molecule has 1 saturated heterocycles. The summed E-state index contributed by atoms with van der Waals surface area (Å²) >= 11 is 0. The monoisotopic (exact) mass is 442 g/mol. The van der Waals surface area contributed by atoms with E-state index in [2.05, 4.69) is 14.8 Å². The lowest BCUT2D eigenvalue weighted by atomic mass is 10.2. The van der Waals surface area contributed by atoms with Crippen LogP contribution < -0.4 is 10.5 Å². The van der Waals surface area contributed by atoms with Gasteiger partial charge in [0.2, 0.25) is 17.5 Å². The predicted octanol–water partition coefficient (Wildman–Crippen LogP) is 3.08. The van der Waals surface area contributed by atoms with Crippen molar-refractivity contribution in [3.63, 3.8) is 0 Å². The van der Waals surface area contributed by atoms with Crippen molar-refractivity contribution in [2.75, 3.05) is 20.2 Å². The van der Waals surface area contributed by atoms with E-state index in [-0.39, 0.29) is 41.2 Å². The van der Waals surface area contributed by atoms with Crippen LogP contribution in [0.3, 0.4) is 0 Å². The van der Waals surface area contributed by atoms with Crippen LogP contribution in [-0.4, -0.2) is 51.6 Å². The lowest BCUT2D eigenvalue weighted by Crippen LogP contribution is -2.32. The quantitative estimate of drug-likeness (QED) is 0.627. The van der Waals surface area contributed by atoms with Crippen LogP contribution in [0.1, 0.15) is 16.9 Å². The molecule has 0 saturated carbocycles. The Hall–Kier alpha value is -3.91. The molecule has 0 aliphatic carbocycles. The van der Waals surface area contributed by atoms with Gasteiger partial charge >= 0.3 is 0 Å². The van der Waals surface area contributed by atoms with Gasteiger partial charge in [-0.05, 0) is 12.5 Å². The zero-order chi connectivity index (χ0) is 23.0. The number of nitrogens with two attached hydrogens (primary N) is 1. The van der Waals surface area contributed by atoms with Gasteiger partial charge in [0.05, 0.1) is 25.6 Å². The molecule has 164 valence electrons. The number of benzene rings is 1. The Morgan fingerprint density at radius 3 is 2.66 bits per heavy atom. The highest BCUT2D eigenvalue weighted by molar-refractivity contribution is 5.93. The molecule has 32 heavy (non-hydrogen) atoms. The van der Waals surface area contributed by atoms with Gasteiger partial charge in [-0.25, -0.2) is 23.6 Å². The summed E-state index contributed by atoms with van der Waals surface area (Å²) in [6, 6.07) is 4.31. The number of likely N-dealkylation sites (tertiary alicyclic amines) is 1. The van der Waals surface area contributed by atoms with Crippen LogP contribution in [0.15, 0.2) is 30.5 Å². The van der Waals surface area contributed by atoms with Crippen LogP contribution in [0, 0.1) is 24.2 Å². The van der Waals surface area contributed by atoms with Crippen LogP contribution >= 0.6 is 0 Å². The minimum absolute atomic E-state index is 0.0854. The van der Waals surface area contributed by atoms with Gasteiger partial charge in [0, 0.05) is 30.8 Å². The summed E-state index contributed by atoms with van der Waals surface area (Å²) in [5, 5.41) is 0. The Morgan fingerprint density at radius 2 is 2.06 bits per heavy atom. The summed E-state index contributed by atoms with van der Waals surface area (Å²) in [6.07, 6.45) is 1.71. The molecule has 3 aromatic rings. The molecule has 0 bridgehead atoms. The molecule has 11 heteroatoms. The van der Waals surface area contributed by atoms with Crippen molar-refractivity contribution < 1.29 is 22.7 Å². The number of carbonyl (C=O) groups is 1. The Labute approximate surface area is 180 Å². The smallest absolute Gasteiger partial charge is 0.277 e. The Balaban J connectivity index is 1.89. The zero-order valence-corrected chi connectivity index (χ0v) is 16.8. The number of hydrogen-bond donors (Lipinski definition) is 1. The molecule has 1 fully saturated rings. The van der Waals surface area contributed by atoms with Crippen LogP contribution in [0.2, 0.25) is 0 Å². The number of methoxy groups -OCH3 is 1. The molecule has 0 radical (unpaired) electrons. The van der Waals surface area contributed by atoms with Crippen molar-refractivity contribution in [3.05, 3.63) is 65.2 Å². The van der Waals surface area contributed by atoms with Gasteiger partial charge in [0.1, 0.15) is 11.6 Å². The van der Waals surface area contributed by atoms with E-state index in [4.69, 9.17) is 17.0 Å². The minimum Gasteiger partial charge on any atom is -0.479 e. The van der Waals surface area contributed by atoms with Crippen LogP contribution in [0.5, 0.6) is 5.88 Å². The summed E-state index contributed by atoms with van der Waals surface area (Å²) in [5.41, 5.74) is 5.10. The first kappa shape index (κ1) is 21.3. The van der Waals surface area contributed by atoms with Gasteiger partial charge in [0.15, 0.2) is 11.5 Å². The van der Waals surface area contributed by atoms with E-state index in [1.807, 2.05) is 0 Å². The van der Waals surface area contributed by atoms with Crippen molar-refractivity contribution in [1.82, 2.24) is 19.4 Å². The van der Waals surface area contributed by atoms with Crippen molar-refractivity contribution in [3.8, 4) is 23.0 Å². The summed E-state index contributed by atoms with van der Waals surface area (Å²) in [7, 11) is 1.23. The number of nitrogens with zero attached hydrogens (tertiary/aromatic N) is 5. The van der Waals surface area contributed by atoms with Gasteiger partial charge in [-0.3, -0.25) is 9.36 Å². The molecule has 1 aliphatic rings. The molecule has 1 aliphatic heterocycles. The first-order chi connectivity index (χ1) is 15.3. The van der Waals surface area contributed by atoms with Gasteiger partial charge in [-0.2, -0.15) is 4.39 Å². The summed E-state index contributed by atoms with van der Waals surface area (Å²) < 4.78 is 49.7. The number of hydrogen-bond acceptors (Lipinski definition) is 5. The minimum atomic E-state index is -1.06. The fourth-order valence-electron chi connectivity index (χ4n) is 3.51. The molecule has 2 N–H and O–H groups in total. The number of carbonyl (C=O) groups excluding carboxylic acids is 1. The van der Waals surface area contributed by atoms with E-state index < -0.39 is 29.2 Å². The number of amides is 1. The van der Waals surface area contributed by atoms with E-state index in [9.17, 15) is 13.6 Å². The Morgan fingerprint density at radius 1 is 1.28 bits per heavy atom. The lowest BCUT2D eigenvalue weighted by Gasteiger charge is -2.14. The number of rotatable bonds is 4. The highest BCUT2D eigenvalue weighted by Gasteiger charge is 2.32. The molecule has 3 heterocycles. The molecule has 2 aromatic heterocycles. The van der Waals surface area contributed by atoms with E-state index in [1.54, 1.807) is 0 Å². The first-order valence-electron chi connectivity index (χ1n) is 9.54. The molecule has 1 atom stereocenters. The average Bonchev–Trinajstić information content (AvgIpc) is 3.36. The third-order valence-corrected chi connectivity index (χ3v) is 5.11. The number of aromatic nitrogens is 3. The van der Waals surface area contributed by atoms with Crippen molar-refractivity contribution in [2.24, 2.45) is 5.73 Å². The fourth-order valence-corrected chi connectivity index (χ4v) is 3.51. The third-order valence-electron chi connectivity index (χ3n) is 5.11. The number of ether oxygens (including phenoxy) is 1. The predicted molar refractivity (Wildman–Crippen MR) is 108 cm³/mol. The molecular formula is C21H17F3N6O2. The van der Waals surface area contributed by atoms with Crippen molar-refractivity contribution >= 4 is 11.6 Å². The molecule has 1 amide bonds. The molecule has 1 aromatic carbocycles. The third kappa shape index (κ3) is 3.65. The van der Waals surface area contributed by atoms with Crippen LogP contribution in [0.4, 0.5) is 18.9 Å². The highest BCUT2D eigenvalue weighted by Crippen LogP contribution is 2.31. The maximum atomic E-state index is 15.5. The average molecular weight is 442 g/mol. The molecule has 8 nitrogen and oxygen atoms in total. The maximum absolute atomic E-state index is 15.5. The van der Waals surface area contributed by atoms with E-state index >= 15 is 4.39 Å². The van der Waals surface area contributed by atoms with Gasteiger partial charge < -0.3 is 15.4 Å². The zero-order valence-electron chi connectivity index (χ0n) is 16.8. The van der Waals surface area contributed by atoms with Crippen LogP contribution in [-0.2, 0) is 0 Å². The Bertz CT molecular complexity index is 1250. The second-order valence-electron chi connectivity index (χ2n) is 7.17. The first-order valence-corrected chi connectivity index (χ1v) is 9.54.